The number of nitrogens with zero attached hydrogens (tertiary/aromatic N) is 1. The van der Waals surface area contributed by atoms with Crippen molar-refractivity contribution in [2.75, 3.05) is 6.54 Å². The van der Waals surface area contributed by atoms with Crippen molar-refractivity contribution in [1.82, 2.24) is 15.5 Å². The van der Waals surface area contributed by atoms with Crippen LogP contribution >= 0.6 is 0 Å². The quantitative estimate of drug-likeness (QED) is 0.806. The number of hydrogen-bond acceptors (Lipinski definition) is 4. The number of H-pyrrole nitrogens is 1. The molecule has 0 aliphatic rings. The van der Waals surface area contributed by atoms with Crippen molar-refractivity contribution in [3.63, 3.8) is 0 Å². The highest BCUT2D eigenvalue weighted by atomic mass is 16.5. The Balaban J connectivity index is 1.77. The summed E-state index contributed by atoms with van der Waals surface area (Å²) in [6.07, 6.45) is 0. The van der Waals surface area contributed by atoms with Crippen LogP contribution in [0.25, 0.3) is 0 Å². The van der Waals surface area contributed by atoms with Gasteiger partial charge in [0.25, 0.3) is 0 Å². The predicted molar refractivity (Wildman–Crippen MR) is 72.9 cm³/mol. The van der Waals surface area contributed by atoms with Crippen molar-refractivity contribution < 1.29 is 9.15 Å². The summed E-state index contributed by atoms with van der Waals surface area (Å²) >= 11 is 0. The summed E-state index contributed by atoms with van der Waals surface area (Å²) in [5.41, 5.74) is 0.980. The molecule has 0 aromatic carbocycles. The standard InChI is InChI=1S/C14H21N3O2/c1-10(2)7-15-8-12-4-5-13(19-12)9-18-14-6-11(3)16-17-14/h4-6,10,15H,7-9H2,1-3H3,(H,16,17). The summed E-state index contributed by atoms with van der Waals surface area (Å²) in [5, 5.41) is 10.2. The van der Waals surface area contributed by atoms with Crippen LogP contribution in [0.15, 0.2) is 22.6 Å². The van der Waals surface area contributed by atoms with E-state index in [9.17, 15) is 0 Å². The zero-order chi connectivity index (χ0) is 13.7. The molecule has 5 nitrogen and oxygen atoms in total. The molecule has 19 heavy (non-hydrogen) atoms. The highest BCUT2D eigenvalue weighted by molar-refractivity contribution is 5.13. The summed E-state index contributed by atoms with van der Waals surface area (Å²) in [6, 6.07) is 5.77. The van der Waals surface area contributed by atoms with Gasteiger partial charge in [-0.05, 0) is 31.5 Å². The van der Waals surface area contributed by atoms with Crippen LogP contribution in [0, 0.1) is 12.8 Å². The van der Waals surface area contributed by atoms with Crippen molar-refractivity contribution in [2.45, 2.75) is 33.9 Å². The molecule has 0 aliphatic heterocycles. The largest absolute Gasteiger partial charge is 0.468 e. The number of furan rings is 1. The highest BCUT2D eigenvalue weighted by Crippen LogP contribution is 2.13. The van der Waals surface area contributed by atoms with Crippen LogP contribution in [0.2, 0.25) is 0 Å². The minimum absolute atomic E-state index is 0.397. The van der Waals surface area contributed by atoms with Gasteiger partial charge in [-0.2, -0.15) is 0 Å². The van der Waals surface area contributed by atoms with Crippen molar-refractivity contribution in [3.8, 4) is 5.88 Å². The Morgan fingerprint density at radius 3 is 2.84 bits per heavy atom. The van der Waals surface area contributed by atoms with Gasteiger partial charge in [0, 0.05) is 11.8 Å². The van der Waals surface area contributed by atoms with Gasteiger partial charge < -0.3 is 14.5 Å². The molecular weight excluding hydrogens is 242 g/mol. The topological polar surface area (TPSA) is 63.1 Å². The molecule has 5 heteroatoms. The lowest BCUT2D eigenvalue weighted by Crippen LogP contribution is -2.18. The molecule has 0 unspecified atom stereocenters. The van der Waals surface area contributed by atoms with E-state index >= 15 is 0 Å². The van der Waals surface area contributed by atoms with Crippen LogP contribution in [-0.2, 0) is 13.2 Å². The fraction of sp³-hybridized carbons (Fsp3) is 0.500. The maximum atomic E-state index is 5.67. The van der Waals surface area contributed by atoms with Crippen LogP contribution in [0.3, 0.4) is 0 Å². The van der Waals surface area contributed by atoms with Crippen molar-refractivity contribution in [2.24, 2.45) is 5.92 Å². The van der Waals surface area contributed by atoms with Gasteiger partial charge in [0.1, 0.15) is 18.1 Å². The molecular formula is C14H21N3O2. The SMILES string of the molecule is Cc1cc(OCc2ccc(CNCC(C)C)o2)n[nH]1. The summed E-state index contributed by atoms with van der Waals surface area (Å²) in [4.78, 5) is 0. The van der Waals surface area contributed by atoms with Gasteiger partial charge in [-0.3, -0.25) is 5.10 Å². The Morgan fingerprint density at radius 2 is 2.16 bits per heavy atom. The molecule has 2 aromatic heterocycles. The third-order valence-electron chi connectivity index (χ3n) is 2.61. The maximum Gasteiger partial charge on any atom is 0.233 e. The van der Waals surface area contributed by atoms with Crippen LogP contribution in [-0.4, -0.2) is 16.7 Å². The Morgan fingerprint density at radius 1 is 1.37 bits per heavy atom. The summed E-state index contributed by atoms with van der Waals surface area (Å²) in [5.74, 6) is 2.97. The Labute approximate surface area is 113 Å². The molecule has 0 fully saturated rings. The summed E-state index contributed by atoms with van der Waals surface area (Å²) in [7, 11) is 0. The van der Waals surface area contributed by atoms with E-state index in [2.05, 4.69) is 29.4 Å². The molecule has 0 radical (unpaired) electrons. The average molecular weight is 263 g/mol. The first-order chi connectivity index (χ1) is 9.13. The average Bonchev–Trinajstić information content (AvgIpc) is 2.95. The number of ether oxygens (including phenoxy) is 1. The molecule has 0 amide bonds. The Hall–Kier alpha value is -1.75. The van der Waals surface area contributed by atoms with Crippen LogP contribution in [0.1, 0.15) is 31.1 Å². The van der Waals surface area contributed by atoms with E-state index in [1.807, 2.05) is 25.1 Å². The van der Waals surface area contributed by atoms with E-state index in [0.29, 0.717) is 18.4 Å². The first-order valence-corrected chi connectivity index (χ1v) is 6.56. The molecule has 0 bridgehead atoms. The number of aromatic nitrogens is 2. The lowest BCUT2D eigenvalue weighted by atomic mass is 10.2. The second-order valence-corrected chi connectivity index (χ2v) is 5.07. The van der Waals surface area contributed by atoms with E-state index in [4.69, 9.17) is 9.15 Å². The lowest BCUT2D eigenvalue weighted by Gasteiger charge is -2.05. The molecule has 2 aromatic rings. The lowest BCUT2D eigenvalue weighted by molar-refractivity contribution is 0.255. The van der Waals surface area contributed by atoms with E-state index in [0.717, 1.165) is 30.3 Å². The van der Waals surface area contributed by atoms with Gasteiger partial charge in [0.15, 0.2) is 0 Å². The van der Waals surface area contributed by atoms with E-state index in [-0.39, 0.29) is 0 Å². The van der Waals surface area contributed by atoms with Gasteiger partial charge in [-0.1, -0.05) is 13.8 Å². The smallest absolute Gasteiger partial charge is 0.233 e. The summed E-state index contributed by atoms with van der Waals surface area (Å²) < 4.78 is 11.2. The molecule has 0 aliphatic carbocycles. The molecule has 0 atom stereocenters. The molecule has 0 saturated carbocycles. The Kier molecular flexibility index (Phi) is 4.63. The molecule has 104 valence electrons. The third kappa shape index (κ3) is 4.44. The van der Waals surface area contributed by atoms with Crippen molar-refractivity contribution in [3.05, 3.63) is 35.4 Å². The van der Waals surface area contributed by atoms with Crippen molar-refractivity contribution >= 4 is 0 Å². The fourth-order valence-corrected chi connectivity index (χ4v) is 1.69. The first-order valence-electron chi connectivity index (χ1n) is 6.56. The second-order valence-electron chi connectivity index (χ2n) is 5.07. The highest BCUT2D eigenvalue weighted by Gasteiger charge is 2.05. The minimum atomic E-state index is 0.397. The number of aromatic amines is 1. The van der Waals surface area contributed by atoms with E-state index < -0.39 is 0 Å². The molecule has 2 N–H and O–H groups in total. The number of hydrogen-bond donors (Lipinski definition) is 2. The molecule has 0 spiro atoms. The van der Waals surface area contributed by atoms with Gasteiger partial charge in [0.05, 0.1) is 6.54 Å². The van der Waals surface area contributed by atoms with Crippen molar-refractivity contribution in [1.29, 1.82) is 0 Å². The number of nitrogens with one attached hydrogen (secondary N) is 2. The van der Waals surface area contributed by atoms with Crippen LogP contribution < -0.4 is 10.1 Å². The van der Waals surface area contributed by atoms with Gasteiger partial charge in [-0.15, -0.1) is 5.10 Å². The normalized spacial score (nSPS) is 11.2. The zero-order valence-electron chi connectivity index (χ0n) is 11.7. The minimum Gasteiger partial charge on any atom is -0.468 e. The molecule has 2 heterocycles. The third-order valence-corrected chi connectivity index (χ3v) is 2.61. The summed E-state index contributed by atoms with van der Waals surface area (Å²) in [6.45, 7) is 8.43. The van der Waals surface area contributed by atoms with Gasteiger partial charge in [0.2, 0.25) is 5.88 Å². The number of rotatable bonds is 7. The van der Waals surface area contributed by atoms with Gasteiger partial charge >= 0.3 is 0 Å². The molecule has 0 saturated heterocycles. The van der Waals surface area contributed by atoms with E-state index in [1.165, 1.54) is 0 Å². The monoisotopic (exact) mass is 263 g/mol. The maximum absolute atomic E-state index is 5.67. The number of aryl methyl sites for hydroxylation is 1. The first kappa shape index (κ1) is 13.7. The Bertz CT molecular complexity index is 502. The van der Waals surface area contributed by atoms with Crippen LogP contribution in [0.4, 0.5) is 0 Å². The van der Waals surface area contributed by atoms with Crippen LogP contribution in [0.5, 0.6) is 5.88 Å². The van der Waals surface area contributed by atoms with E-state index in [1.54, 1.807) is 0 Å². The fourth-order valence-electron chi connectivity index (χ4n) is 1.69. The van der Waals surface area contributed by atoms with Gasteiger partial charge in [-0.25, -0.2) is 0 Å². The predicted octanol–water partition coefficient (Wildman–Crippen LogP) is 2.64. The zero-order valence-corrected chi connectivity index (χ0v) is 11.7. The second kappa shape index (κ2) is 6.43. The molecule has 2 rings (SSSR count).